The second-order valence-corrected chi connectivity index (χ2v) is 5.99. The smallest absolute Gasteiger partial charge is 0.330 e. The van der Waals surface area contributed by atoms with E-state index in [1.165, 1.54) is 23.7 Å². The first-order valence-electron chi connectivity index (χ1n) is 6.18. The standard InChI is InChI=1S/C11H18N4O2S/c1-3-18-10-6-4-5-8(10)12-11-9(15(16)17)7-14(2)13-11/h7-8,10H,3-6H2,1-2H3,(H,12,13). The molecule has 1 aromatic rings. The predicted molar refractivity (Wildman–Crippen MR) is 73.0 cm³/mol. The van der Waals surface area contributed by atoms with Crippen LogP contribution >= 0.6 is 11.8 Å². The van der Waals surface area contributed by atoms with Crippen LogP contribution in [0.15, 0.2) is 6.20 Å². The molecule has 1 fully saturated rings. The van der Waals surface area contributed by atoms with Gasteiger partial charge in [0.1, 0.15) is 6.20 Å². The molecule has 2 atom stereocenters. The van der Waals surface area contributed by atoms with Gasteiger partial charge < -0.3 is 5.32 Å². The minimum atomic E-state index is -0.383. The molecule has 0 saturated heterocycles. The molecular weight excluding hydrogens is 252 g/mol. The van der Waals surface area contributed by atoms with Crippen LogP contribution in [0.25, 0.3) is 0 Å². The Morgan fingerprint density at radius 2 is 2.44 bits per heavy atom. The monoisotopic (exact) mass is 270 g/mol. The lowest BCUT2D eigenvalue weighted by atomic mass is 10.2. The molecule has 1 saturated carbocycles. The van der Waals surface area contributed by atoms with Crippen molar-refractivity contribution in [3.63, 3.8) is 0 Å². The molecule has 1 aliphatic rings. The van der Waals surface area contributed by atoms with Crippen molar-refractivity contribution in [1.82, 2.24) is 9.78 Å². The second kappa shape index (κ2) is 5.60. The number of anilines is 1. The number of aromatic nitrogens is 2. The molecule has 0 aromatic carbocycles. The van der Waals surface area contributed by atoms with Gasteiger partial charge in [0.2, 0.25) is 5.82 Å². The number of nitrogens with zero attached hydrogens (tertiary/aromatic N) is 3. The van der Waals surface area contributed by atoms with E-state index in [1.807, 2.05) is 11.8 Å². The Labute approximate surface area is 110 Å². The van der Waals surface area contributed by atoms with Gasteiger partial charge in [0.15, 0.2) is 0 Å². The van der Waals surface area contributed by atoms with E-state index in [0.29, 0.717) is 17.1 Å². The molecular formula is C11H18N4O2S. The molecule has 1 aromatic heterocycles. The summed E-state index contributed by atoms with van der Waals surface area (Å²) in [7, 11) is 1.70. The van der Waals surface area contributed by atoms with E-state index in [9.17, 15) is 10.1 Å². The van der Waals surface area contributed by atoms with Crippen LogP contribution in [0.1, 0.15) is 26.2 Å². The maximum atomic E-state index is 10.9. The zero-order valence-corrected chi connectivity index (χ0v) is 11.4. The van der Waals surface area contributed by atoms with Crippen molar-refractivity contribution in [2.24, 2.45) is 7.05 Å². The Hall–Kier alpha value is -1.24. The molecule has 1 heterocycles. The van der Waals surface area contributed by atoms with Crippen molar-refractivity contribution in [3.05, 3.63) is 16.3 Å². The van der Waals surface area contributed by atoms with Gasteiger partial charge in [-0.25, -0.2) is 0 Å². The molecule has 0 aliphatic heterocycles. The third-order valence-electron chi connectivity index (χ3n) is 3.16. The fraction of sp³-hybridized carbons (Fsp3) is 0.727. The summed E-state index contributed by atoms with van der Waals surface area (Å²) in [5.41, 5.74) is 0.0599. The first-order chi connectivity index (χ1) is 8.61. The zero-order valence-electron chi connectivity index (χ0n) is 10.6. The third-order valence-corrected chi connectivity index (χ3v) is 4.49. The highest BCUT2D eigenvalue weighted by Crippen LogP contribution is 2.33. The highest BCUT2D eigenvalue weighted by atomic mass is 32.2. The predicted octanol–water partition coefficient (Wildman–Crippen LogP) is 2.41. The van der Waals surface area contributed by atoms with Gasteiger partial charge in [-0.05, 0) is 18.6 Å². The van der Waals surface area contributed by atoms with E-state index in [1.54, 1.807) is 7.05 Å². The van der Waals surface area contributed by atoms with E-state index in [2.05, 4.69) is 17.3 Å². The highest BCUT2D eigenvalue weighted by molar-refractivity contribution is 7.99. The molecule has 1 aliphatic carbocycles. The summed E-state index contributed by atoms with van der Waals surface area (Å²) in [5, 5.41) is 18.9. The van der Waals surface area contributed by atoms with E-state index in [-0.39, 0.29) is 10.6 Å². The molecule has 6 nitrogen and oxygen atoms in total. The highest BCUT2D eigenvalue weighted by Gasteiger charge is 2.30. The van der Waals surface area contributed by atoms with Gasteiger partial charge in [-0.3, -0.25) is 14.8 Å². The van der Waals surface area contributed by atoms with Crippen LogP contribution in [0.4, 0.5) is 11.5 Å². The SMILES string of the molecule is CCSC1CCCC1Nc1nn(C)cc1[N+](=O)[O-]. The summed E-state index contributed by atoms with van der Waals surface area (Å²) in [4.78, 5) is 10.5. The molecule has 1 N–H and O–H groups in total. The Kier molecular flexibility index (Phi) is 4.11. The van der Waals surface area contributed by atoms with Crippen LogP contribution in [0.3, 0.4) is 0 Å². The maximum absolute atomic E-state index is 10.9. The van der Waals surface area contributed by atoms with Gasteiger partial charge in [0.05, 0.1) is 4.92 Å². The number of nitro groups is 1. The van der Waals surface area contributed by atoms with Gasteiger partial charge in [-0.15, -0.1) is 5.10 Å². The lowest BCUT2D eigenvalue weighted by Gasteiger charge is -2.19. The van der Waals surface area contributed by atoms with Crippen LogP contribution in [0.2, 0.25) is 0 Å². The Balaban J connectivity index is 2.11. The van der Waals surface area contributed by atoms with Crippen molar-refractivity contribution in [1.29, 1.82) is 0 Å². The van der Waals surface area contributed by atoms with Gasteiger partial charge in [-0.2, -0.15) is 11.8 Å². The summed E-state index contributed by atoms with van der Waals surface area (Å²) in [6, 6.07) is 0.295. The second-order valence-electron chi connectivity index (χ2n) is 4.47. The topological polar surface area (TPSA) is 73.0 Å². The van der Waals surface area contributed by atoms with Crippen molar-refractivity contribution in [2.45, 2.75) is 37.5 Å². The Bertz CT molecular complexity index is 435. The number of thioether (sulfide) groups is 1. The third kappa shape index (κ3) is 2.77. The van der Waals surface area contributed by atoms with E-state index in [0.717, 1.165) is 12.2 Å². The largest absolute Gasteiger partial charge is 0.359 e. The van der Waals surface area contributed by atoms with Crippen molar-refractivity contribution >= 4 is 23.3 Å². The summed E-state index contributed by atoms with van der Waals surface area (Å²) in [5.74, 6) is 1.48. The van der Waals surface area contributed by atoms with Crippen LogP contribution in [0.5, 0.6) is 0 Å². The summed E-state index contributed by atoms with van der Waals surface area (Å²) >= 11 is 1.92. The first-order valence-corrected chi connectivity index (χ1v) is 7.23. The van der Waals surface area contributed by atoms with Gasteiger partial charge >= 0.3 is 5.69 Å². The van der Waals surface area contributed by atoms with Crippen LogP contribution in [-0.2, 0) is 7.05 Å². The number of hydrogen-bond acceptors (Lipinski definition) is 5. The number of hydrogen-bond donors (Lipinski definition) is 1. The number of aryl methyl sites for hydroxylation is 1. The molecule has 0 radical (unpaired) electrons. The fourth-order valence-corrected chi connectivity index (χ4v) is 3.59. The van der Waals surface area contributed by atoms with E-state index >= 15 is 0 Å². The average molecular weight is 270 g/mol. The molecule has 2 rings (SSSR count). The van der Waals surface area contributed by atoms with E-state index < -0.39 is 0 Å². The minimum Gasteiger partial charge on any atom is -0.359 e. The average Bonchev–Trinajstić information content (AvgIpc) is 2.87. The molecule has 7 heteroatoms. The molecule has 0 spiro atoms. The van der Waals surface area contributed by atoms with Crippen molar-refractivity contribution in [2.75, 3.05) is 11.1 Å². The summed E-state index contributed by atoms with van der Waals surface area (Å²) < 4.78 is 1.48. The lowest BCUT2D eigenvalue weighted by molar-refractivity contribution is -0.384. The van der Waals surface area contributed by atoms with Gasteiger partial charge in [0, 0.05) is 18.3 Å². The summed E-state index contributed by atoms with van der Waals surface area (Å²) in [6.45, 7) is 2.14. The Morgan fingerprint density at radius 3 is 3.11 bits per heavy atom. The number of nitrogens with one attached hydrogen (secondary N) is 1. The molecule has 100 valence electrons. The number of rotatable bonds is 5. The molecule has 18 heavy (non-hydrogen) atoms. The molecule has 0 bridgehead atoms. The quantitative estimate of drug-likeness (QED) is 0.657. The minimum absolute atomic E-state index is 0.0599. The Morgan fingerprint density at radius 1 is 1.67 bits per heavy atom. The van der Waals surface area contributed by atoms with E-state index in [4.69, 9.17) is 0 Å². The molecule has 2 unspecified atom stereocenters. The molecule has 0 amide bonds. The summed E-state index contributed by atoms with van der Waals surface area (Å²) in [6.07, 6.45) is 4.86. The van der Waals surface area contributed by atoms with Crippen molar-refractivity contribution in [3.8, 4) is 0 Å². The zero-order chi connectivity index (χ0) is 13.1. The maximum Gasteiger partial charge on any atom is 0.330 e. The van der Waals surface area contributed by atoms with Gasteiger partial charge in [0.25, 0.3) is 0 Å². The van der Waals surface area contributed by atoms with Crippen LogP contribution in [0, 0.1) is 10.1 Å². The van der Waals surface area contributed by atoms with Crippen LogP contribution < -0.4 is 5.32 Å². The first kappa shape index (κ1) is 13.2. The fourth-order valence-electron chi connectivity index (χ4n) is 2.39. The van der Waals surface area contributed by atoms with Crippen LogP contribution in [-0.4, -0.2) is 31.7 Å². The van der Waals surface area contributed by atoms with Gasteiger partial charge in [-0.1, -0.05) is 13.3 Å². The van der Waals surface area contributed by atoms with Crippen molar-refractivity contribution < 1.29 is 4.92 Å². The lowest BCUT2D eigenvalue weighted by Crippen LogP contribution is -2.26. The normalized spacial score (nSPS) is 23.2.